The fourth-order valence-corrected chi connectivity index (χ4v) is 7.70. The summed E-state index contributed by atoms with van der Waals surface area (Å²) in [5, 5.41) is 0. The highest BCUT2D eigenvalue weighted by atomic mass is 16.1. The minimum absolute atomic E-state index is 0. The van der Waals surface area contributed by atoms with Crippen molar-refractivity contribution in [3.63, 3.8) is 0 Å². The standard InChI is InChI=1S/C37H51NO.C2H6.H2/c1-5-7-11-28(10-6-2)23-35(39)30-15-14-26(3)31(17-16-30)24-33-19-18-32-22-27(4)37(20-21-37)25-34(36(32)38-33)29-12-8-9-13-29;1-2;/h14-19,28-30,34H,4-13,20-25H2,1-3H3;1-2H3;1H. The first-order valence-electron chi connectivity index (χ1n) is 17.2. The van der Waals surface area contributed by atoms with Crippen LogP contribution in [0.5, 0.6) is 0 Å². The van der Waals surface area contributed by atoms with Gasteiger partial charge >= 0.3 is 0 Å². The Morgan fingerprint density at radius 1 is 1.07 bits per heavy atom. The number of hydrogen-bond donors (Lipinski definition) is 0. The average Bonchev–Trinajstić information content (AvgIpc) is 3.65. The Balaban J connectivity index is 0.00000158. The van der Waals surface area contributed by atoms with Crippen LogP contribution in [0, 0.1) is 23.2 Å². The highest BCUT2D eigenvalue weighted by molar-refractivity contribution is 5.85. The molecule has 226 valence electrons. The molecule has 3 unspecified atom stereocenters. The molecule has 0 saturated heterocycles. The Morgan fingerprint density at radius 2 is 1.80 bits per heavy atom. The lowest BCUT2D eigenvalue weighted by Crippen LogP contribution is -2.16. The molecule has 1 aromatic heterocycles. The number of hydrogen-bond acceptors (Lipinski definition) is 2. The summed E-state index contributed by atoms with van der Waals surface area (Å²) in [6.07, 6.45) is 26.6. The third kappa shape index (κ3) is 7.79. The molecule has 4 aliphatic carbocycles. The molecule has 0 amide bonds. The maximum Gasteiger partial charge on any atom is 0.143 e. The van der Waals surface area contributed by atoms with E-state index in [1.807, 2.05) is 13.8 Å². The van der Waals surface area contributed by atoms with Gasteiger partial charge in [-0.15, -0.1) is 0 Å². The highest BCUT2D eigenvalue weighted by Crippen LogP contribution is 2.61. The van der Waals surface area contributed by atoms with Crippen LogP contribution in [0.4, 0.5) is 0 Å². The second kappa shape index (κ2) is 14.8. The van der Waals surface area contributed by atoms with Gasteiger partial charge in [-0.25, -0.2) is 0 Å². The van der Waals surface area contributed by atoms with Crippen LogP contribution in [-0.2, 0) is 17.6 Å². The molecule has 0 aliphatic heterocycles. The zero-order chi connectivity index (χ0) is 29.4. The molecule has 5 rings (SSSR count). The van der Waals surface area contributed by atoms with E-state index in [-0.39, 0.29) is 7.34 Å². The third-order valence-corrected chi connectivity index (χ3v) is 10.5. The fourth-order valence-electron chi connectivity index (χ4n) is 7.70. The van der Waals surface area contributed by atoms with E-state index in [2.05, 4.69) is 63.8 Å². The Morgan fingerprint density at radius 3 is 2.49 bits per heavy atom. The van der Waals surface area contributed by atoms with Crippen LogP contribution in [0.15, 0.2) is 59.7 Å². The van der Waals surface area contributed by atoms with Gasteiger partial charge in [0.2, 0.25) is 0 Å². The molecule has 2 heteroatoms. The summed E-state index contributed by atoms with van der Waals surface area (Å²) in [5.74, 6) is 2.18. The number of pyridine rings is 1. The minimum Gasteiger partial charge on any atom is -0.299 e. The van der Waals surface area contributed by atoms with Crippen molar-refractivity contribution >= 4 is 5.78 Å². The number of nitrogens with zero attached hydrogens (tertiary/aromatic N) is 1. The van der Waals surface area contributed by atoms with Crippen LogP contribution in [0.3, 0.4) is 0 Å². The quantitative estimate of drug-likeness (QED) is 0.253. The first-order valence-corrected chi connectivity index (χ1v) is 17.2. The Kier molecular flexibility index (Phi) is 11.4. The summed E-state index contributed by atoms with van der Waals surface area (Å²) in [7, 11) is 0. The van der Waals surface area contributed by atoms with E-state index in [0.717, 1.165) is 31.6 Å². The zero-order valence-corrected chi connectivity index (χ0v) is 26.9. The number of aromatic nitrogens is 1. The van der Waals surface area contributed by atoms with Crippen LogP contribution < -0.4 is 0 Å². The van der Waals surface area contributed by atoms with Crippen molar-refractivity contribution in [2.45, 2.75) is 137 Å². The summed E-state index contributed by atoms with van der Waals surface area (Å²) in [6.45, 7) is 15.2. The van der Waals surface area contributed by atoms with Crippen molar-refractivity contribution in [2.24, 2.45) is 23.2 Å². The molecular weight excluding hydrogens is 498 g/mol. The third-order valence-electron chi connectivity index (χ3n) is 10.5. The molecule has 1 spiro atoms. The predicted octanol–water partition coefficient (Wildman–Crippen LogP) is 11.1. The first-order chi connectivity index (χ1) is 19.9. The lowest BCUT2D eigenvalue weighted by molar-refractivity contribution is -0.121. The summed E-state index contributed by atoms with van der Waals surface area (Å²) in [5.41, 5.74) is 8.40. The average molecular weight is 558 g/mol. The van der Waals surface area contributed by atoms with E-state index >= 15 is 0 Å². The van der Waals surface area contributed by atoms with E-state index in [4.69, 9.17) is 4.98 Å². The molecule has 41 heavy (non-hydrogen) atoms. The topological polar surface area (TPSA) is 30.0 Å². The van der Waals surface area contributed by atoms with Crippen molar-refractivity contribution in [1.29, 1.82) is 0 Å². The van der Waals surface area contributed by atoms with Crippen molar-refractivity contribution in [1.82, 2.24) is 4.98 Å². The SMILES string of the molecule is C=C1Cc2ccc(CC3=C(C)C=CC(C(=O)CC(CCC)CCCC)C=C3)nc2C(C2CCCC2)CC12CC2.CC.[HH]. The summed E-state index contributed by atoms with van der Waals surface area (Å²) in [6, 6.07) is 4.63. The van der Waals surface area contributed by atoms with Crippen LogP contribution >= 0.6 is 0 Å². The van der Waals surface area contributed by atoms with Crippen LogP contribution in [-0.4, -0.2) is 10.8 Å². The van der Waals surface area contributed by atoms with Gasteiger partial charge in [-0.3, -0.25) is 9.78 Å². The summed E-state index contributed by atoms with van der Waals surface area (Å²) >= 11 is 0. The second-order valence-corrected chi connectivity index (χ2v) is 13.4. The number of ketones is 1. The lowest BCUT2D eigenvalue weighted by Gasteiger charge is -2.26. The molecule has 0 N–H and O–H groups in total. The molecular formula is C39H59NO. The number of rotatable bonds is 11. The van der Waals surface area contributed by atoms with Crippen molar-refractivity contribution in [2.75, 3.05) is 0 Å². The number of carbonyl (C=O) groups is 1. The van der Waals surface area contributed by atoms with Gasteiger partial charge in [0.1, 0.15) is 5.78 Å². The Bertz CT molecular complexity index is 1150. The molecule has 1 aromatic rings. The van der Waals surface area contributed by atoms with E-state index in [9.17, 15) is 4.79 Å². The van der Waals surface area contributed by atoms with Gasteiger partial charge in [-0.2, -0.15) is 0 Å². The highest BCUT2D eigenvalue weighted by Gasteiger charge is 2.50. The maximum absolute atomic E-state index is 13.3. The van der Waals surface area contributed by atoms with E-state index in [1.165, 1.54) is 97.9 Å². The van der Waals surface area contributed by atoms with Gasteiger partial charge in [0.15, 0.2) is 0 Å². The van der Waals surface area contributed by atoms with Gasteiger partial charge in [0.25, 0.3) is 0 Å². The molecule has 2 fully saturated rings. The minimum atomic E-state index is -0.106. The lowest BCUT2D eigenvalue weighted by atomic mass is 9.79. The number of Topliss-reactive ketones (excluding diaryl/α,β-unsaturated/α-hetero) is 1. The first kappa shape index (κ1) is 31.7. The van der Waals surface area contributed by atoms with Crippen LogP contribution in [0.25, 0.3) is 0 Å². The number of unbranched alkanes of at least 4 members (excludes halogenated alkanes) is 1. The molecule has 3 atom stereocenters. The summed E-state index contributed by atoms with van der Waals surface area (Å²) in [4.78, 5) is 18.7. The van der Waals surface area contributed by atoms with E-state index < -0.39 is 0 Å². The van der Waals surface area contributed by atoms with Gasteiger partial charge in [-0.05, 0) is 85.5 Å². The van der Waals surface area contributed by atoms with Crippen molar-refractivity contribution < 1.29 is 6.22 Å². The molecule has 0 bridgehead atoms. The number of fused-ring (bicyclic) bond motifs is 1. The zero-order valence-electron chi connectivity index (χ0n) is 26.9. The predicted molar refractivity (Wildman–Crippen MR) is 177 cm³/mol. The molecule has 0 aromatic carbocycles. The van der Waals surface area contributed by atoms with Crippen molar-refractivity contribution in [3.05, 3.63) is 76.7 Å². The fraction of sp³-hybridized carbons (Fsp3) is 0.641. The summed E-state index contributed by atoms with van der Waals surface area (Å²) < 4.78 is 0. The van der Waals surface area contributed by atoms with Crippen molar-refractivity contribution in [3.8, 4) is 0 Å². The van der Waals surface area contributed by atoms with Gasteiger partial charge < -0.3 is 0 Å². The van der Waals surface area contributed by atoms with E-state index in [1.54, 1.807) is 0 Å². The molecule has 2 nitrogen and oxygen atoms in total. The van der Waals surface area contributed by atoms with Gasteiger partial charge in [0, 0.05) is 31.6 Å². The maximum atomic E-state index is 13.3. The van der Waals surface area contributed by atoms with Crippen LogP contribution in [0.2, 0.25) is 0 Å². The molecule has 1 heterocycles. The Hall–Kier alpha value is -2.22. The number of carbonyl (C=O) groups excluding carboxylic acids is 1. The number of allylic oxidation sites excluding steroid dienone is 7. The normalized spacial score (nSPS) is 24.0. The molecule has 0 radical (unpaired) electrons. The second-order valence-electron chi connectivity index (χ2n) is 13.4. The molecule has 2 saturated carbocycles. The van der Waals surface area contributed by atoms with Gasteiger partial charge in [0.05, 0.1) is 5.92 Å². The molecule has 4 aliphatic rings. The van der Waals surface area contributed by atoms with Crippen LogP contribution in [0.1, 0.15) is 142 Å². The monoisotopic (exact) mass is 557 g/mol. The largest absolute Gasteiger partial charge is 0.299 e. The Labute approximate surface area is 253 Å². The smallest absolute Gasteiger partial charge is 0.143 e. The van der Waals surface area contributed by atoms with Gasteiger partial charge in [-0.1, -0.05) is 115 Å². The van der Waals surface area contributed by atoms with E-state index in [0.29, 0.717) is 29.5 Å².